The first-order chi connectivity index (χ1) is 23.8. The summed E-state index contributed by atoms with van der Waals surface area (Å²) in [6, 6.07) is 30.2. The number of likely N-dealkylation sites (tertiary alicyclic amines) is 1. The Hall–Kier alpha value is -4.22. The van der Waals surface area contributed by atoms with E-state index in [0.717, 1.165) is 40.9 Å². The summed E-state index contributed by atoms with van der Waals surface area (Å²) < 4.78 is 13.3. The third kappa shape index (κ3) is 7.38. The summed E-state index contributed by atoms with van der Waals surface area (Å²) in [7, 11) is 0. The predicted molar refractivity (Wildman–Crippen MR) is 188 cm³/mol. The van der Waals surface area contributed by atoms with Gasteiger partial charge in [0.2, 0.25) is 0 Å². The molecule has 49 heavy (non-hydrogen) atoms. The molecule has 9 nitrogen and oxygen atoms in total. The highest BCUT2D eigenvalue weighted by Gasteiger charge is 2.41. The van der Waals surface area contributed by atoms with E-state index in [0.29, 0.717) is 35.6 Å². The number of rotatable bonds is 8. The van der Waals surface area contributed by atoms with Crippen LogP contribution in [0.3, 0.4) is 0 Å². The van der Waals surface area contributed by atoms with Crippen LogP contribution < -0.4 is 5.32 Å². The van der Waals surface area contributed by atoms with Gasteiger partial charge in [0.05, 0.1) is 41.6 Å². The van der Waals surface area contributed by atoms with Gasteiger partial charge >= 0.3 is 0 Å². The molecule has 0 radical (unpaired) electrons. The number of benzene rings is 4. The highest BCUT2D eigenvalue weighted by molar-refractivity contribution is 6.30. The second kappa shape index (κ2) is 14.3. The largest absolute Gasteiger partial charge is 0.392 e. The molecule has 0 saturated carbocycles. The molecule has 4 atom stereocenters. The SMILES string of the molecule is C[C@@H]1[C@H](CN2CCC(O)(c3ccc(Cl)cc3)CC2)O[C@H](c2ccc(NC(=O)c3cnc4ccccc4n3)cc2)O[C@@H]1c1ccc(CO)cc1. The summed E-state index contributed by atoms with van der Waals surface area (Å²) >= 11 is 6.09. The average molecular weight is 679 g/mol. The fraction of sp³-hybridized carbons (Fsp3) is 0.308. The fourth-order valence-electron chi connectivity index (χ4n) is 6.72. The van der Waals surface area contributed by atoms with Crippen LogP contribution in [0.15, 0.2) is 103 Å². The van der Waals surface area contributed by atoms with Gasteiger partial charge in [-0.2, -0.15) is 0 Å². The lowest BCUT2D eigenvalue weighted by Crippen LogP contribution is -2.49. The summed E-state index contributed by atoms with van der Waals surface area (Å²) in [5.41, 5.74) is 4.91. The van der Waals surface area contributed by atoms with Crippen molar-refractivity contribution in [2.24, 2.45) is 5.92 Å². The van der Waals surface area contributed by atoms with Crippen molar-refractivity contribution in [3.05, 3.63) is 136 Å². The molecule has 252 valence electrons. The molecule has 2 aliphatic rings. The van der Waals surface area contributed by atoms with Gasteiger partial charge in [0.15, 0.2) is 6.29 Å². The van der Waals surface area contributed by atoms with Crippen molar-refractivity contribution in [2.75, 3.05) is 25.0 Å². The van der Waals surface area contributed by atoms with Crippen LogP contribution in [-0.2, 0) is 21.7 Å². The predicted octanol–water partition coefficient (Wildman–Crippen LogP) is 6.80. The Labute approximate surface area is 290 Å². The molecule has 0 unspecified atom stereocenters. The smallest absolute Gasteiger partial charge is 0.275 e. The molecule has 0 spiro atoms. The van der Waals surface area contributed by atoms with Crippen molar-refractivity contribution in [1.29, 1.82) is 0 Å². The van der Waals surface area contributed by atoms with Crippen LogP contribution in [0.1, 0.15) is 64.9 Å². The van der Waals surface area contributed by atoms with Crippen molar-refractivity contribution >= 4 is 34.2 Å². The van der Waals surface area contributed by atoms with Crippen LogP contribution in [0, 0.1) is 5.92 Å². The second-order valence-corrected chi connectivity index (χ2v) is 13.4. The number of hydrogen-bond acceptors (Lipinski definition) is 8. The molecule has 3 N–H and O–H groups in total. The summed E-state index contributed by atoms with van der Waals surface area (Å²) in [4.78, 5) is 24.1. The van der Waals surface area contributed by atoms with Crippen LogP contribution in [0.5, 0.6) is 0 Å². The number of ether oxygens (including phenoxy) is 2. The Morgan fingerprint density at radius 1 is 0.918 bits per heavy atom. The topological polar surface area (TPSA) is 117 Å². The molecule has 2 aliphatic heterocycles. The normalized spacial score (nSPS) is 22.5. The van der Waals surface area contributed by atoms with Crippen molar-refractivity contribution in [3.8, 4) is 0 Å². The van der Waals surface area contributed by atoms with Gasteiger partial charge in [-0.05, 0) is 65.9 Å². The fourth-order valence-corrected chi connectivity index (χ4v) is 6.85. The zero-order valence-electron chi connectivity index (χ0n) is 27.2. The molecule has 3 heterocycles. The number of amides is 1. The van der Waals surface area contributed by atoms with Gasteiger partial charge < -0.3 is 29.9 Å². The van der Waals surface area contributed by atoms with E-state index in [1.54, 1.807) is 0 Å². The highest BCUT2D eigenvalue weighted by atomic mass is 35.5. The molecular weight excluding hydrogens is 640 g/mol. The molecule has 2 saturated heterocycles. The molecule has 0 aliphatic carbocycles. The molecule has 1 amide bonds. The molecule has 5 aromatic rings. The van der Waals surface area contributed by atoms with Crippen LogP contribution >= 0.6 is 11.6 Å². The lowest BCUT2D eigenvalue weighted by atomic mass is 9.84. The highest BCUT2D eigenvalue weighted by Crippen LogP contribution is 2.43. The maximum atomic E-state index is 13.0. The third-order valence-corrected chi connectivity index (χ3v) is 10.0. The lowest BCUT2D eigenvalue weighted by molar-refractivity contribution is -0.277. The number of para-hydroxylation sites is 2. The standard InChI is InChI=1S/C39H39ClN4O5/c1-25-35(23-44-20-18-39(47,19-21-44)29-12-14-30(40)15-13-29)48-38(49-36(25)27-8-6-26(24-45)7-9-27)28-10-16-31(17-11-28)42-37(46)34-22-41-32-4-2-3-5-33(32)43-34/h2-17,22,25,35-36,38,45,47H,18-21,23-24H2,1H3,(H,42,46)/t25-,35+,36+,38+/m1/s1. The maximum Gasteiger partial charge on any atom is 0.275 e. The number of aliphatic hydroxyl groups excluding tert-OH is 1. The zero-order valence-corrected chi connectivity index (χ0v) is 28.0. The van der Waals surface area contributed by atoms with E-state index in [1.807, 2.05) is 97.1 Å². The van der Waals surface area contributed by atoms with Crippen molar-refractivity contribution in [1.82, 2.24) is 14.9 Å². The molecule has 4 aromatic carbocycles. The number of aromatic nitrogens is 2. The van der Waals surface area contributed by atoms with E-state index in [2.05, 4.69) is 27.1 Å². The Bertz CT molecular complexity index is 1900. The van der Waals surface area contributed by atoms with E-state index in [1.165, 1.54) is 6.20 Å². The van der Waals surface area contributed by atoms with Gasteiger partial charge in [0.1, 0.15) is 5.69 Å². The first-order valence-electron chi connectivity index (χ1n) is 16.6. The van der Waals surface area contributed by atoms with Crippen LogP contribution in [-0.4, -0.2) is 56.7 Å². The van der Waals surface area contributed by atoms with Crippen molar-refractivity contribution < 1.29 is 24.5 Å². The maximum absolute atomic E-state index is 13.0. The van der Waals surface area contributed by atoms with Crippen molar-refractivity contribution in [2.45, 2.75) is 50.5 Å². The third-order valence-electron chi connectivity index (χ3n) is 9.75. The second-order valence-electron chi connectivity index (χ2n) is 13.0. The van der Waals surface area contributed by atoms with Crippen LogP contribution in [0.25, 0.3) is 11.0 Å². The number of fused-ring (bicyclic) bond motifs is 1. The molecular formula is C39H39ClN4O5. The minimum absolute atomic E-state index is 0.0231. The van der Waals surface area contributed by atoms with Crippen molar-refractivity contribution in [3.63, 3.8) is 0 Å². The molecule has 7 rings (SSSR count). The quantitative estimate of drug-likeness (QED) is 0.164. The van der Waals surface area contributed by atoms with Gasteiger partial charge in [-0.15, -0.1) is 0 Å². The number of halogens is 1. The molecule has 10 heteroatoms. The zero-order chi connectivity index (χ0) is 34.0. The Morgan fingerprint density at radius 2 is 1.59 bits per heavy atom. The molecule has 1 aromatic heterocycles. The van der Waals surface area contributed by atoms with Gasteiger partial charge in [-0.25, -0.2) is 4.98 Å². The number of carbonyl (C=O) groups excluding carboxylic acids is 1. The Balaban J connectivity index is 1.06. The summed E-state index contributed by atoms with van der Waals surface area (Å²) in [5.74, 6) is -0.323. The van der Waals surface area contributed by atoms with E-state index in [-0.39, 0.29) is 36.3 Å². The van der Waals surface area contributed by atoms with Gasteiger partial charge in [0.25, 0.3) is 5.91 Å². The number of hydrogen-bond donors (Lipinski definition) is 3. The number of piperidine rings is 1. The van der Waals surface area contributed by atoms with Crippen LogP contribution in [0.2, 0.25) is 5.02 Å². The van der Waals surface area contributed by atoms with E-state index < -0.39 is 11.9 Å². The number of anilines is 1. The van der Waals surface area contributed by atoms with E-state index in [9.17, 15) is 15.0 Å². The van der Waals surface area contributed by atoms with E-state index >= 15 is 0 Å². The number of nitrogens with one attached hydrogen (secondary N) is 1. The van der Waals surface area contributed by atoms with Gasteiger partial charge in [-0.1, -0.05) is 79.2 Å². The van der Waals surface area contributed by atoms with E-state index in [4.69, 9.17) is 21.1 Å². The summed E-state index contributed by atoms with van der Waals surface area (Å²) in [6.45, 7) is 4.26. The number of aliphatic hydroxyl groups is 2. The minimum atomic E-state index is -0.888. The monoisotopic (exact) mass is 678 g/mol. The molecule has 0 bridgehead atoms. The lowest BCUT2D eigenvalue weighted by Gasteiger charge is -2.45. The van der Waals surface area contributed by atoms with Crippen LogP contribution in [0.4, 0.5) is 5.69 Å². The Kier molecular flexibility index (Phi) is 9.73. The molecule has 2 fully saturated rings. The number of nitrogens with zero attached hydrogens (tertiary/aromatic N) is 3. The average Bonchev–Trinajstić information content (AvgIpc) is 3.14. The number of carbonyl (C=O) groups is 1. The summed E-state index contributed by atoms with van der Waals surface area (Å²) in [6.07, 6.45) is 1.65. The minimum Gasteiger partial charge on any atom is -0.392 e. The van der Waals surface area contributed by atoms with Gasteiger partial charge in [-0.3, -0.25) is 9.78 Å². The first kappa shape index (κ1) is 33.3. The van der Waals surface area contributed by atoms with Gasteiger partial charge in [0, 0.05) is 41.8 Å². The Morgan fingerprint density at radius 3 is 2.29 bits per heavy atom. The summed E-state index contributed by atoms with van der Waals surface area (Å²) in [5, 5.41) is 24.6. The first-order valence-corrected chi connectivity index (χ1v) is 17.0.